The lowest BCUT2D eigenvalue weighted by Gasteiger charge is -2.45. The van der Waals surface area contributed by atoms with E-state index in [1.54, 1.807) is 0 Å². The van der Waals surface area contributed by atoms with Crippen molar-refractivity contribution in [3.8, 4) is 0 Å². The molecule has 1 atom stereocenters. The molecule has 0 aromatic carbocycles. The van der Waals surface area contributed by atoms with Crippen molar-refractivity contribution in [3.63, 3.8) is 0 Å². The zero-order valence-corrected chi connectivity index (χ0v) is 14.3. The number of unbranched alkanes of at least 4 members (excludes halogenated alkanes) is 4. The van der Waals surface area contributed by atoms with Gasteiger partial charge in [-0.15, -0.1) is 0 Å². The molecule has 0 bridgehead atoms. The number of hydrogen-bond acceptors (Lipinski definition) is 3. The van der Waals surface area contributed by atoms with Gasteiger partial charge in [0, 0.05) is 31.2 Å². The maximum absolute atomic E-state index is 6.12. The van der Waals surface area contributed by atoms with Crippen LogP contribution >= 0.6 is 0 Å². The minimum Gasteiger partial charge on any atom is -0.329 e. The number of hydrogen-bond donors (Lipinski definition) is 1. The normalized spacial score (nSPS) is 21.3. The molecule has 1 aliphatic rings. The summed E-state index contributed by atoms with van der Waals surface area (Å²) >= 11 is 0. The second-order valence-electron chi connectivity index (χ2n) is 7.05. The summed E-state index contributed by atoms with van der Waals surface area (Å²) in [5.74, 6) is 0. The quantitative estimate of drug-likeness (QED) is 0.660. The van der Waals surface area contributed by atoms with Crippen LogP contribution in [0.1, 0.15) is 65.2 Å². The third kappa shape index (κ3) is 5.34. The van der Waals surface area contributed by atoms with Crippen LogP contribution in [-0.4, -0.2) is 55.1 Å². The number of nitrogens with two attached hydrogens (primary N) is 1. The highest BCUT2D eigenvalue weighted by atomic mass is 15.2. The third-order valence-electron chi connectivity index (χ3n) is 5.22. The predicted octanol–water partition coefficient (Wildman–Crippen LogP) is 3.09. The van der Waals surface area contributed by atoms with Crippen molar-refractivity contribution in [2.75, 3.05) is 33.7 Å². The Morgan fingerprint density at radius 1 is 1.10 bits per heavy atom. The van der Waals surface area contributed by atoms with E-state index in [-0.39, 0.29) is 5.54 Å². The average Bonchev–Trinajstić information content (AvgIpc) is 2.47. The van der Waals surface area contributed by atoms with E-state index in [1.165, 1.54) is 64.5 Å². The van der Waals surface area contributed by atoms with E-state index in [2.05, 4.69) is 37.7 Å². The van der Waals surface area contributed by atoms with E-state index in [0.717, 1.165) is 12.6 Å². The van der Waals surface area contributed by atoms with Crippen LogP contribution in [0, 0.1) is 0 Å². The fourth-order valence-electron chi connectivity index (χ4n) is 3.42. The van der Waals surface area contributed by atoms with Crippen LogP contribution in [0.4, 0.5) is 0 Å². The van der Waals surface area contributed by atoms with Crippen LogP contribution in [-0.2, 0) is 0 Å². The molecule has 2 N–H and O–H groups in total. The zero-order valence-electron chi connectivity index (χ0n) is 14.3. The summed E-state index contributed by atoms with van der Waals surface area (Å²) in [6.45, 7) is 7.88. The molecule has 0 aromatic heterocycles. The molecule has 1 aliphatic heterocycles. The van der Waals surface area contributed by atoms with Gasteiger partial charge in [-0.1, -0.05) is 39.0 Å². The van der Waals surface area contributed by atoms with E-state index in [0.29, 0.717) is 0 Å². The summed E-state index contributed by atoms with van der Waals surface area (Å²) in [5.41, 5.74) is 6.35. The Kier molecular flexibility index (Phi) is 8.08. The topological polar surface area (TPSA) is 32.5 Å². The molecule has 0 saturated carbocycles. The molecule has 1 fully saturated rings. The van der Waals surface area contributed by atoms with E-state index >= 15 is 0 Å². The standard InChI is InChI=1S/C17H37N3/c1-5-6-7-8-9-12-17(2,15-18)20-13-10-16(11-14-20)19(3)4/h16H,5-15,18H2,1-4H3. The van der Waals surface area contributed by atoms with Crippen molar-refractivity contribution in [3.05, 3.63) is 0 Å². The van der Waals surface area contributed by atoms with Crippen LogP contribution in [0.2, 0.25) is 0 Å². The van der Waals surface area contributed by atoms with Crippen LogP contribution in [0.15, 0.2) is 0 Å². The Bertz CT molecular complexity index is 247. The van der Waals surface area contributed by atoms with Crippen molar-refractivity contribution >= 4 is 0 Å². The molecule has 0 aliphatic carbocycles. The number of rotatable bonds is 9. The zero-order chi connectivity index (χ0) is 15.0. The molecule has 3 heteroatoms. The minimum atomic E-state index is 0.226. The summed E-state index contributed by atoms with van der Waals surface area (Å²) in [4.78, 5) is 5.04. The highest BCUT2D eigenvalue weighted by Gasteiger charge is 2.33. The molecular formula is C17H37N3. The predicted molar refractivity (Wildman–Crippen MR) is 89.1 cm³/mol. The average molecular weight is 284 g/mol. The van der Waals surface area contributed by atoms with Crippen LogP contribution in [0.5, 0.6) is 0 Å². The van der Waals surface area contributed by atoms with Gasteiger partial charge >= 0.3 is 0 Å². The maximum atomic E-state index is 6.12. The van der Waals surface area contributed by atoms with Gasteiger partial charge in [0.25, 0.3) is 0 Å². The monoisotopic (exact) mass is 283 g/mol. The van der Waals surface area contributed by atoms with Gasteiger partial charge in [0.05, 0.1) is 0 Å². The van der Waals surface area contributed by atoms with Gasteiger partial charge in [0.1, 0.15) is 0 Å². The lowest BCUT2D eigenvalue weighted by Crippen LogP contribution is -2.56. The molecule has 1 rings (SSSR count). The van der Waals surface area contributed by atoms with Gasteiger partial charge in [-0.05, 0) is 40.3 Å². The Morgan fingerprint density at radius 2 is 1.70 bits per heavy atom. The molecule has 20 heavy (non-hydrogen) atoms. The van der Waals surface area contributed by atoms with Gasteiger partial charge in [-0.3, -0.25) is 4.90 Å². The minimum absolute atomic E-state index is 0.226. The molecule has 1 saturated heterocycles. The number of piperidine rings is 1. The van der Waals surface area contributed by atoms with Crippen LogP contribution in [0.25, 0.3) is 0 Å². The van der Waals surface area contributed by atoms with Gasteiger partial charge in [-0.2, -0.15) is 0 Å². The highest BCUT2D eigenvalue weighted by molar-refractivity contribution is 4.91. The van der Waals surface area contributed by atoms with Gasteiger partial charge < -0.3 is 10.6 Å². The molecule has 0 aromatic rings. The lowest BCUT2D eigenvalue weighted by atomic mass is 9.89. The maximum Gasteiger partial charge on any atom is 0.0303 e. The molecule has 0 amide bonds. The van der Waals surface area contributed by atoms with E-state index in [1.807, 2.05) is 0 Å². The van der Waals surface area contributed by atoms with Crippen LogP contribution in [0.3, 0.4) is 0 Å². The second kappa shape index (κ2) is 9.01. The van der Waals surface area contributed by atoms with Crippen molar-refractivity contribution in [1.82, 2.24) is 9.80 Å². The first kappa shape index (κ1) is 17.9. The molecule has 120 valence electrons. The molecule has 3 nitrogen and oxygen atoms in total. The summed E-state index contributed by atoms with van der Waals surface area (Å²) in [6, 6.07) is 0.762. The molecule has 0 radical (unpaired) electrons. The van der Waals surface area contributed by atoms with Crippen molar-refractivity contribution < 1.29 is 0 Å². The largest absolute Gasteiger partial charge is 0.329 e. The first-order valence-corrected chi connectivity index (χ1v) is 8.65. The molecule has 1 heterocycles. The van der Waals surface area contributed by atoms with E-state index in [4.69, 9.17) is 5.73 Å². The smallest absolute Gasteiger partial charge is 0.0303 e. The summed E-state index contributed by atoms with van der Waals surface area (Å²) < 4.78 is 0. The molecular weight excluding hydrogens is 246 g/mol. The van der Waals surface area contributed by atoms with Gasteiger partial charge in [0.2, 0.25) is 0 Å². The van der Waals surface area contributed by atoms with Crippen molar-refractivity contribution in [1.29, 1.82) is 0 Å². The van der Waals surface area contributed by atoms with Gasteiger partial charge in [0.15, 0.2) is 0 Å². The summed E-state index contributed by atoms with van der Waals surface area (Å²) in [7, 11) is 4.41. The summed E-state index contributed by atoms with van der Waals surface area (Å²) in [6.07, 6.45) is 10.6. The SMILES string of the molecule is CCCCCCCC(C)(CN)N1CCC(N(C)C)CC1. The number of nitrogens with zero attached hydrogens (tertiary/aromatic N) is 2. The van der Waals surface area contributed by atoms with Gasteiger partial charge in [-0.25, -0.2) is 0 Å². The van der Waals surface area contributed by atoms with E-state index in [9.17, 15) is 0 Å². The third-order valence-corrected chi connectivity index (χ3v) is 5.22. The Balaban J connectivity index is 2.36. The Morgan fingerprint density at radius 3 is 2.20 bits per heavy atom. The molecule has 1 unspecified atom stereocenters. The fraction of sp³-hybridized carbons (Fsp3) is 1.00. The highest BCUT2D eigenvalue weighted by Crippen LogP contribution is 2.26. The summed E-state index contributed by atoms with van der Waals surface area (Å²) in [5, 5.41) is 0. The first-order chi connectivity index (χ1) is 9.53. The first-order valence-electron chi connectivity index (χ1n) is 8.65. The lowest BCUT2D eigenvalue weighted by molar-refractivity contribution is 0.0488. The Labute approximate surface area is 126 Å². The fourth-order valence-corrected chi connectivity index (χ4v) is 3.42. The van der Waals surface area contributed by atoms with Crippen LogP contribution < -0.4 is 5.73 Å². The molecule has 0 spiro atoms. The second-order valence-corrected chi connectivity index (χ2v) is 7.05. The number of likely N-dealkylation sites (tertiary alicyclic amines) is 1. The van der Waals surface area contributed by atoms with Crippen molar-refractivity contribution in [2.24, 2.45) is 5.73 Å². The van der Waals surface area contributed by atoms with Crippen molar-refractivity contribution in [2.45, 2.75) is 76.8 Å². The van der Waals surface area contributed by atoms with E-state index < -0.39 is 0 Å². The Hall–Kier alpha value is -0.120.